The molecule has 1 heterocycles. The summed E-state index contributed by atoms with van der Waals surface area (Å²) < 4.78 is 5.11. The van der Waals surface area contributed by atoms with Crippen LogP contribution in [0, 0.1) is 0 Å². The molecule has 0 bridgehead atoms. The quantitative estimate of drug-likeness (QED) is 0.643. The minimum Gasteiger partial charge on any atom is -0.352 e. The fourth-order valence-electron chi connectivity index (χ4n) is 2.47. The normalized spacial score (nSPS) is 25.6. The minimum atomic E-state index is -0.517. The molecule has 82 valence electrons. The number of carbonyl (C=O) groups excluding carboxylic acids is 2. The zero-order valence-electron chi connectivity index (χ0n) is 8.84. The van der Waals surface area contributed by atoms with Crippen LogP contribution in [0.3, 0.4) is 0 Å². The zero-order chi connectivity index (χ0) is 11.6. The van der Waals surface area contributed by atoms with Gasteiger partial charge in [-0.25, -0.2) is 0 Å². The molecule has 4 rings (SSSR count). The first-order valence-corrected chi connectivity index (χ1v) is 5.52. The molecule has 2 aromatic rings. The summed E-state index contributed by atoms with van der Waals surface area (Å²) in [4.78, 5) is 23.9. The molecule has 2 atom stereocenters. The van der Waals surface area contributed by atoms with E-state index in [1.165, 1.54) is 0 Å². The van der Waals surface area contributed by atoms with Gasteiger partial charge >= 0.3 is 0 Å². The van der Waals surface area contributed by atoms with E-state index in [-0.39, 0.29) is 11.6 Å². The molecular formula is C14H8O3. The van der Waals surface area contributed by atoms with Crippen LogP contribution in [0.25, 0.3) is 10.8 Å². The standard InChI is InChI=1S/C14H8O3/c15-11-9-5-7-3-1-2-4-8(7)6-10(9)12(16)14-13(11)17-14/h1-6,13-14H. The summed E-state index contributed by atoms with van der Waals surface area (Å²) in [5.74, 6) is -0.120. The Kier molecular flexibility index (Phi) is 1.50. The Bertz CT molecular complexity index is 628. The van der Waals surface area contributed by atoms with E-state index in [1.54, 1.807) is 12.1 Å². The molecule has 2 aliphatic rings. The second-order valence-corrected chi connectivity index (χ2v) is 4.45. The molecule has 2 unspecified atom stereocenters. The van der Waals surface area contributed by atoms with E-state index < -0.39 is 12.2 Å². The van der Waals surface area contributed by atoms with Crippen LogP contribution in [-0.4, -0.2) is 23.8 Å². The average molecular weight is 224 g/mol. The summed E-state index contributed by atoms with van der Waals surface area (Å²) in [6.45, 7) is 0. The molecule has 1 aliphatic carbocycles. The highest BCUT2D eigenvalue weighted by Crippen LogP contribution is 2.37. The van der Waals surface area contributed by atoms with Crippen molar-refractivity contribution in [3.63, 3.8) is 0 Å². The Hall–Kier alpha value is -2.00. The van der Waals surface area contributed by atoms with Gasteiger partial charge in [0.1, 0.15) is 0 Å². The van der Waals surface area contributed by atoms with Crippen LogP contribution in [0.4, 0.5) is 0 Å². The van der Waals surface area contributed by atoms with Crippen LogP contribution in [0.2, 0.25) is 0 Å². The molecule has 0 N–H and O–H groups in total. The predicted molar refractivity (Wildman–Crippen MR) is 61.3 cm³/mol. The summed E-state index contributed by atoms with van der Waals surface area (Å²) in [7, 11) is 0. The van der Waals surface area contributed by atoms with E-state index in [9.17, 15) is 9.59 Å². The molecule has 0 radical (unpaired) electrons. The molecule has 3 nitrogen and oxygen atoms in total. The van der Waals surface area contributed by atoms with E-state index in [4.69, 9.17) is 4.74 Å². The summed E-state index contributed by atoms with van der Waals surface area (Å²) in [6, 6.07) is 11.3. The molecule has 2 aromatic carbocycles. The fraction of sp³-hybridized carbons (Fsp3) is 0.143. The highest BCUT2D eigenvalue weighted by Gasteiger charge is 2.55. The number of epoxide rings is 1. The van der Waals surface area contributed by atoms with E-state index >= 15 is 0 Å². The van der Waals surface area contributed by atoms with Crippen LogP contribution in [0.5, 0.6) is 0 Å². The lowest BCUT2D eigenvalue weighted by Crippen LogP contribution is -2.25. The Balaban J connectivity index is 2.07. The van der Waals surface area contributed by atoms with E-state index in [1.807, 2.05) is 24.3 Å². The number of fused-ring (bicyclic) bond motifs is 3. The number of ether oxygens (including phenoxy) is 1. The molecular weight excluding hydrogens is 216 g/mol. The second-order valence-electron chi connectivity index (χ2n) is 4.45. The number of rotatable bonds is 0. The third kappa shape index (κ3) is 1.09. The molecule has 1 saturated heterocycles. The molecule has 0 aromatic heterocycles. The number of hydrogen-bond donors (Lipinski definition) is 0. The first kappa shape index (κ1) is 9.07. The molecule has 17 heavy (non-hydrogen) atoms. The topological polar surface area (TPSA) is 46.7 Å². The van der Waals surface area contributed by atoms with Crippen molar-refractivity contribution in [2.75, 3.05) is 0 Å². The molecule has 0 amide bonds. The van der Waals surface area contributed by atoms with Crippen LogP contribution >= 0.6 is 0 Å². The van der Waals surface area contributed by atoms with E-state index in [0.29, 0.717) is 11.1 Å². The minimum absolute atomic E-state index is 0.0599. The van der Waals surface area contributed by atoms with Gasteiger partial charge in [-0.1, -0.05) is 24.3 Å². The van der Waals surface area contributed by atoms with Crippen molar-refractivity contribution in [1.82, 2.24) is 0 Å². The van der Waals surface area contributed by atoms with Gasteiger partial charge in [-0.05, 0) is 22.9 Å². The highest BCUT2D eigenvalue weighted by molar-refractivity contribution is 6.22. The number of ketones is 2. The van der Waals surface area contributed by atoms with Gasteiger partial charge in [-0.15, -0.1) is 0 Å². The van der Waals surface area contributed by atoms with Crippen LogP contribution in [0.1, 0.15) is 20.7 Å². The monoisotopic (exact) mass is 224 g/mol. The average Bonchev–Trinajstić information content (AvgIpc) is 3.15. The van der Waals surface area contributed by atoms with Gasteiger partial charge in [0.25, 0.3) is 0 Å². The van der Waals surface area contributed by atoms with Gasteiger partial charge in [0.2, 0.25) is 0 Å². The molecule has 0 saturated carbocycles. The SMILES string of the molecule is O=C1c2cc3ccccc3cc2C(=O)C2OC12. The van der Waals surface area contributed by atoms with Crippen LogP contribution < -0.4 is 0 Å². The van der Waals surface area contributed by atoms with Crippen molar-refractivity contribution in [2.45, 2.75) is 12.2 Å². The van der Waals surface area contributed by atoms with Crippen molar-refractivity contribution in [3.8, 4) is 0 Å². The van der Waals surface area contributed by atoms with Gasteiger partial charge in [-0.3, -0.25) is 9.59 Å². The van der Waals surface area contributed by atoms with Gasteiger partial charge in [0.05, 0.1) is 0 Å². The predicted octanol–water partition coefficient (Wildman–Crippen LogP) is 1.99. The fourth-order valence-corrected chi connectivity index (χ4v) is 2.47. The van der Waals surface area contributed by atoms with Gasteiger partial charge in [-0.2, -0.15) is 0 Å². The number of Topliss-reactive ketones (excluding diaryl/α,β-unsaturated/α-hetero) is 2. The Morgan fingerprint density at radius 1 is 0.824 bits per heavy atom. The van der Waals surface area contributed by atoms with Crippen molar-refractivity contribution in [2.24, 2.45) is 0 Å². The number of carbonyl (C=O) groups is 2. The largest absolute Gasteiger partial charge is 0.352 e. The summed E-state index contributed by atoms with van der Waals surface area (Å²) in [5, 5.41) is 1.96. The van der Waals surface area contributed by atoms with E-state index in [2.05, 4.69) is 0 Å². The lowest BCUT2D eigenvalue weighted by atomic mass is 9.87. The smallest absolute Gasteiger partial charge is 0.195 e. The van der Waals surface area contributed by atoms with Crippen molar-refractivity contribution >= 4 is 22.3 Å². The lowest BCUT2D eigenvalue weighted by Gasteiger charge is -2.11. The van der Waals surface area contributed by atoms with Crippen molar-refractivity contribution < 1.29 is 14.3 Å². The van der Waals surface area contributed by atoms with Crippen molar-refractivity contribution in [3.05, 3.63) is 47.5 Å². The Morgan fingerprint density at radius 2 is 1.29 bits per heavy atom. The molecule has 0 spiro atoms. The summed E-state index contributed by atoms with van der Waals surface area (Å²) >= 11 is 0. The molecule has 3 heteroatoms. The van der Waals surface area contributed by atoms with Gasteiger partial charge in [0.15, 0.2) is 23.8 Å². The molecule has 1 aliphatic heterocycles. The number of hydrogen-bond acceptors (Lipinski definition) is 3. The Labute approximate surface area is 97.0 Å². The lowest BCUT2D eigenvalue weighted by molar-refractivity contribution is 0.0922. The van der Waals surface area contributed by atoms with Gasteiger partial charge in [0, 0.05) is 11.1 Å². The maximum atomic E-state index is 12.0. The van der Waals surface area contributed by atoms with Crippen molar-refractivity contribution in [1.29, 1.82) is 0 Å². The van der Waals surface area contributed by atoms with Crippen LogP contribution in [0.15, 0.2) is 36.4 Å². The first-order valence-electron chi connectivity index (χ1n) is 5.52. The summed E-state index contributed by atoms with van der Waals surface area (Å²) in [6.07, 6.45) is -1.03. The second kappa shape index (κ2) is 2.81. The maximum Gasteiger partial charge on any atom is 0.195 e. The third-order valence-electron chi connectivity index (χ3n) is 3.43. The summed E-state index contributed by atoms with van der Waals surface area (Å²) in [5.41, 5.74) is 1.01. The molecule has 1 fully saturated rings. The first-order chi connectivity index (χ1) is 8.25. The Morgan fingerprint density at radius 3 is 1.76 bits per heavy atom. The highest BCUT2D eigenvalue weighted by atomic mass is 16.6. The maximum absolute atomic E-state index is 12.0. The van der Waals surface area contributed by atoms with Gasteiger partial charge < -0.3 is 4.74 Å². The third-order valence-corrected chi connectivity index (χ3v) is 3.43. The van der Waals surface area contributed by atoms with Crippen LogP contribution in [-0.2, 0) is 4.74 Å². The van der Waals surface area contributed by atoms with E-state index in [0.717, 1.165) is 10.8 Å². The zero-order valence-corrected chi connectivity index (χ0v) is 8.84. The number of benzene rings is 2.